The smallest absolute Gasteiger partial charge is 0.253 e. The van der Waals surface area contributed by atoms with Crippen LogP contribution in [0.4, 0.5) is 11.4 Å². The standard InChI is InChI=1S/C16H24N4O/c1-2-20-10-4-5-12(11-20)19-16(21)13-6-3-7-14-15(13)18-9-8-17-14/h3,6-7,12,17-18H,2,4-5,8-11H2,1H3,(H,19,21). The lowest BCUT2D eigenvalue weighted by atomic mass is 10.0. The molecule has 2 aliphatic rings. The van der Waals surface area contributed by atoms with Gasteiger partial charge in [-0.05, 0) is 38.1 Å². The van der Waals surface area contributed by atoms with E-state index in [1.807, 2.05) is 18.2 Å². The number of likely N-dealkylation sites (N-methyl/N-ethyl adjacent to an activating group) is 1. The molecule has 1 atom stereocenters. The number of anilines is 2. The highest BCUT2D eigenvalue weighted by Crippen LogP contribution is 2.28. The first-order valence-corrected chi connectivity index (χ1v) is 7.92. The van der Waals surface area contributed by atoms with E-state index in [9.17, 15) is 4.79 Å². The van der Waals surface area contributed by atoms with E-state index in [2.05, 4.69) is 27.8 Å². The molecular formula is C16H24N4O. The molecule has 3 N–H and O–H groups in total. The van der Waals surface area contributed by atoms with Gasteiger partial charge in [-0.25, -0.2) is 0 Å². The number of para-hydroxylation sites is 1. The number of piperidine rings is 1. The van der Waals surface area contributed by atoms with Crippen LogP contribution in [0.5, 0.6) is 0 Å². The van der Waals surface area contributed by atoms with Crippen LogP contribution in [0.25, 0.3) is 0 Å². The van der Waals surface area contributed by atoms with E-state index in [4.69, 9.17) is 0 Å². The lowest BCUT2D eigenvalue weighted by Crippen LogP contribution is -2.47. The highest BCUT2D eigenvalue weighted by molar-refractivity contribution is 6.02. The lowest BCUT2D eigenvalue weighted by molar-refractivity contribution is 0.0906. The number of nitrogens with one attached hydrogen (secondary N) is 3. The Morgan fingerprint density at radius 2 is 2.24 bits per heavy atom. The van der Waals surface area contributed by atoms with E-state index in [-0.39, 0.29) is 11.9 Å². The number of carbonyl (C=O) groups excluding carboxylic acids is 1. The molecule has 0 spiro atoms. The van der Waals surface area contributed by atoms with Gasteiger partial charge in [0.1, 0.15) is 0 Å². The molecule has 1 aromatic rings. The highest BCUT2D eigenvalue weighted by atomic mass is 16.1. The number of benzene rings is 1. The van der Waals surface area contributed by atoms with Crippen LogP contribution in [0.3, 0.4) is 0 Å². The topological polar surface area (TPSA) is 56.4 Å². The molecule has 114 valence electrons. The molecule has 0 saturated carbocycles. The summed E-state index contributed by atoms with van der Waals surface area (Å²) in [5.74, 6) is 0.0333. The zero-order chi connectivity index (χ0) is 14.7. The molecule has 1 amide bonds. The molecule has 3 rings (SSSR count). The Labute approximate surface area is 126 Å². The third kappa shape index (κ3) is 3.13. The van der Waals surface area contributed by atoms with Crippen molar-refractivity contribution in [3.63, 3.8) is 0 Å². The largest absolute Gasteiger partial charge is 0.382 e. The molecule has 5 nitrogen and oxygen atoms in total. The first kappa shape index (κ1) is 14.2. The van der Waals surface area contributed by atoms with Gasteiger partial charge in [0.05, 0.1) is 16.9 Å². The van der Waals surface area contributed by atoms with Gasteiger partial charge in [-0.2, -0.15) is 0 Å². The minimum Gasteiger partial charge on any atom is -0.382 e. The SMILES string of the molecule is CCN1CCCC(NC(=O)c2cccc3c2NCCN3)C1. The van der Waals surface area contributed by atoms with Crippen LogP contribution in [0.2, 0.25) is 0 Å². The predicted octanol–water partition coefficient (Wildman–Crippen LogP) is 1.74. The molecule has 1 saturated heterocycles. The fourth-order valence-corrected chi connectivity index (χ4v) is 3.19. The Bertz CT molecular complexity index is 517. The van der Waals surface area contributed by atoms with Crippen LogP contribution in [-0.4, -0.2) is 49.6 Å². The maximum absolute atomic E-state index is 12.6. The average molecular weight is 288 g/mol. The zero-order valence-electron chi connectivity index (χ0n) is 12.6. The number of hydrogen-bond acceptors (Lipinski definition) is 4. The van der Waals surface area contributed by atoms with Crippen LogP contribution < -0.4 is 16.0 Å². The average Bonchev–Trinajstić information content (AvgIpc) is 2.54. The number of rotatable bonds is 3. The maximum Gasteiger partial charge on any atom is 0.253 e. The van der Waals surface area contributed by atoms with Gasteiger partial charge in [-0.15, -0.1) is 0 Å². The molecule has 0 radical (unpaired) electrons. The van der Waals surface area contributed by atoms with Gasteiger partial charge < -0.3 is 20.9 Å². The van der Waals surface area contributed by atoms with Crippen molar-refractivity contribution in [2.24, 2.45) is 0 Å². The normalized spacial score (nSPS) is 21.9. The van der Waals surface area contributed by atoms with Gasteiger partial charge in [0.25, 0.3) is 5.91 Å². The monoisotopic (exact) mass is 288 g/mol. The molecule has 2 aliphatic heterocycles. The Kier molecular flexibility index (Phi) is 4.29. The van der Waals surface area contributed by atoms with Crippen molar-refractivity contribution < 1.29 is 4.79 Å². The van der Waals surface area contributed by atoms with Gasteiger partial charge in [0, 0.05) is 25.7 Å². The lowest BCUT2D eigenvalue weighted by Gasteiger charge is -2.32. The summed E-state index contributed by atoms with van der Waals surface area (Å²) >= 11 is 0. The van der Waals surface area contributed by atoms with Crippen molar-refractivity contribution >= 4 is 17.3 Å². The van der Waals surface area contributed by atoms with E-state index < -0.39 is 0 Å². The third-order valence-electron chi connectivity index (χ3n) is 4.34. The first-order chi connectivity index (χ1) is 10.3. The summed E-state index contributed by atoms with van der Waals surface area (Å²) in [5.41, 5.74) is 2.70. The minimum absolute atomic E-state index is 0.0333. The summed E-state index contributed by atoms with van der Waals surface area (Å²) in [4.78, 5) is 15.0. The van der Waals surface area contributed by atoms with E-state index in [1.54, 1.807) is 0 Å². The highest BCUT2D eigenvalue weighted by Gasteiger charge is 2.23. The summed E-state index contributed by atoms with van der Waals surface area (Å²) in [6.45, 7) is 7.08. The minimum atomic E-state index is 0.0333. The molecule has 21 heavy (non-hydrogen) atoms. The maximum atomic E-state index is 12.6. The number of fused-ring (bicyclic) bond motifs is 1. The van der Waals surface area contributed by atoms with Crippen LogP contribution in [0, 0.1) is 0 Å². The summed E-state index contributed by atoms with van der Waals surface area (Å²) in [6, 6.07) is 6.11. The number of nitrogens with zero attached hydrogens (tertiary/aromatic N) is 1. The van der Waals surface area contributed by atoms with Crippen LogP contribution in [0.15, 0.2) is 18.2 Å². The van der Waals surface area contributed by atoms with Crippen LogP contribution in [-0.2, 0) is 0 Å². The van der Waals surface area contributed by atoms with Crippen molar-refractivity contribution in [2.45, 2.75) is 25.8 Å². The second-order valence-corrected chi connectivity index (χ2v) is 5.79. The zero-order valence-corrected chi connectivity index (χ0v) is 12.6. The van der Waals surface area contributed by atoms with Crippen LogP contribution in [0.1, 0.15) is 30.1 Å². The third-order valence-corrected chi connectivity index (χ3v) is 4.34. The molecule has 0 aliphatic carbocycles. The van der Waals surface area contributed by atoms with E-state index in [1.165, 1.54) is 0 Å². The van der Waals surface area contributed by atoms with Crippen molar-refractivity contribution in [3.05, 3.63) is 23.8 Å². The summed E-state index contributed by atoms with van der Waals surface area (Å²) < 4.78 is 0. The summed E-state index contributed by atoms with van der Waals surface area (Å²) in [5, 5.41) is 9.86. The number of hydrogen-bond donors (Lipinski definition) is 3. The second-order valence-electron chi connectivity index (χ2n) is 5.79. The Balaban J connectivity index is 1.71. The Morgan fingerprint density at radius 1 is 1.38 bits per heavy atom. The molecule has 1 fully saturated rings. The quantitative estimate of drug-likeness (QED) is 0.793. The van der Waals surface area contributed by atoms with E-state index in [0.29, 0.717) is 0 Å². The molecule has 0 bridgehead atoms. The molecular weight excluding hydrogens is 264 g/mol. The van der Waals surface area contributed by atoms with Gasteiger partial charge in [-0.1, -0.05) is 13.0 Å². The van der Waals surface area contributed by atoms with Crippen molar-refractivity contribution in [2.75, 3.05) is 43.4 Å². The molecule has 1 aromatic carbocycles. The molecule has 5 heteroatoms. The van der Waals surface area contributed by atoms with Gasteiger partial charge >= 0.3 is 0 Å². The number of likely N-dealkylation sites (tertiary alicyclic amines) is 1. The van der Waals surface area contributed by atoms with E-state index >= 15 is 0 Å². The molecule has 0 aromatic heterocycles. The Morgan fingerprint density at radius 3 is 3.10 bits per heavy atom. The number of carbonyl (C=O) groups is 1. The summed E-state index contributed by atoms with van der Waals surface area (Å²) in [6.07, 6.45) is 2.23. The van der Waals surface area contributed by atoms with E-state index in [0.717, 1.165) is 62.5 Å². The van der Waals surface area contributed by atoms with Gasteiger partial charge in [0.2, 0.25) is 0 Å². The van der Waals surface area contributed by atoms with Crippen molar-refractivity contribution in [1.82, 2.24) is 10.2 Å². The predicted molar refractivity (Wildman–Crippen MR) is 86.0 cm³/mol. The van der Waals surface area contributed by atoms with Gasteiger partial charge in [-0.3, -0.25) is 4.79 Å². The second kappa shape index (κ2) is 6.35. The summed E-state index contributed by atoms with van der Waals surface area (Å²) in [7, 11) is 0. The van der Waals surface area contributed by atoms with Gasteiger partial charge in [0.15, 0.2) is 0 Å². The van der Waals surface area contributed by atoms with Crippen molar-refractivity contribution in [3.8, 4) is 0 Å². The first-order valence-electron chi connectivity index (χ1n) is 7.92. The van der Waals surface area contributed by atoms with Crippen LogP contribution >= 0.6 is 0 Å². The fourth-order valence-electron chi connectivity index (χ4n) is 3.19. The molecule has 2 heterocycles. The number of amides is 1. The molecule has 1 unspecified atom stereocenters. The van der Waals surface area contributed by atoms with Crippen molar-refractivity contribution in [1.29, 1.82) is 0 Å². The fraction of sp³-hybridized carbons (Fsp3) is 0.562. The Hall–Kier alpha value is -1.75.